The van der Waals surface area contributed by atoms with Crippen LogP contribution in [0.1, 0.15) is 44.1 Å². The Hall–Kier alpha value is -3.09. The highest BCUT2D eigenvalue weighted by molar-refractivity contribution is 6.04. The Morgan fingerprint density at radius 2 is 2.07 bits per heavy atom. The number of likely N-dealkylation sites (tertiary alicyclic amines) is 1. The molecule has 1 aliphatic rings. The number of alkyl carbamates (subject to hydrolysis) is 1. The standard InChI is InChI=1S/C23H28N4O3/c1-13(2)19(26-23(29)30-4)22(28)27-11-5-6-18(27)21-24-17-10-8-15-12-14(3)7-9-16(15)20(17)25-21/h7-10,12-13,18-19H,5-6,11H2,1-4H3,(H,24,25)(H,26,29)/t18-,19-/m0/s1. The van der Waals surface area contributed by atoms with Crippen LogP contribution in [-0.2, 0) is 9.53 Å². The average Bonchev–Trinajstić information content (AvgIpc) is 3.37. The molecule has 0 bridgehead atoms. The second-order valence-electron chi connectivity index (χ2n) is 8.35. The predicted molar refractivity (Wildman–Crippen MR) is 116 cm³/mol. The Bertz CT molecular complexity index is 1100. The van der Waals surface area contributed by atoms with E-state index in [0.29, 0.717) is 6.54 Å². The fourth-order valence-corrected chi connectivity index (χ4v) is 4.30. The van der Waals surface area contributed by atoms with Gasteiger partial charge in [0.25, 0.3) is 0 Å². The highest BCUT2D eigenvalue weighted by atomic mass is 16.5. The van der Waals surface area contributed by atoms with Gasteiger partial charge in [-0.1, -0.05) is 43.7 Å². The number of nitrogens with one attached hydrogen (secondary N) is 2. The maximum atomic E-state index is 13.3. The monoisotopic (exact) mass is 408 g/mol. The van der Waals surface area contributed by atoms with Crippen LogP contribution in [-0.4, -0.2) is 46.6 Å². The lowest BCUT2D eigenvalue weighted by atomic mass is 10.0. The van der Waals surface area contributed by atoms with Crippen LogP contribution >= 0.6 is 0 Å². The van der Waals surface area contributed by atoms with Gasteiger partial charge in [-0.3, -0.25) is 4.79 Å². The van der Waals surface area contributed by atoms with E-state index in [1.165, 1.54) is 18.1 Å². The second kappa shape index (κ2) is 7.97. The molecule has 1 fully saturated rings. The third-order valence-corrected chi connectivity index (χ3v) is 5.89. The lowest BCUT2D eigenvalue weighted by molar-refractivity contribution is -0.135. The summed E-state index contributed by atoms with van der Waals surface area (Å²) in [5.41, 5.74) is 3.11. The molecule has 3 aromatic rings. The molecular formula is C23H28N4O3. The summed E-state index contributed by atoms with van der Waals surface area (Å²) in [5, 5.41) is 4.98. The minimum atomic E-state index is -0.633. The number of aromatic nitrogens is 2. The van der Waals surface area contributed by atoms with Crippen LogP contribution in [0.3, 0.4) is 0 Å². The van der Waals surface area contributed by atoms with Crippen molar-refractivity contribution >= 4 is 33.8 Å². The molecule has 7 heteroatoms. The van der Waals surface area contributed by atoms with E-state index in [1.54, 1.807) is 0 Å². The van der Waals surface area contributed by atoms with Gasteiger partial charge in [0.05, 0.1) is 24.2 Å². The number of rotatable bonds is 4. The van der Waals surface area contributed by atoms with E-state index >= 15 is 0 Å². The van der Waals surface area contributed by atoms with Gasteiger partial charge < -0.3 is 19.9 Å². The van der Waals surface area contributed by atoms with Gasteiger partial charge in [-0.2, -0.15) is 0 Å². The van der Waals surface area contributed by atoms with E-state index in [4.69, 9.17) is 9.72 Å². The Kier molecular flexibility index (Phi) is 5.37. The molecule has 4 rings (SSSR count). The number of carbonyl (C=O) groups excluding carboxylic acids is 2. The molecule has 2 amide bonds. The Morgan fingerprint density at radius 3 is 2.80 bits per heavy atom. The first-order valence-electron chi connectivity index (χ1n) is 10.4. The normalized spacial score (nSPS) is 17.6. The van der Waals surface area contributed by atoms with Gasteiger partial charge in [0.15, 0.2) is 0 Å². The maximum Gasteiger partial charge on any atom is 0.407 e. The van der Waals surface area contributed by atoms with Crippen molar-refractivity contribution in [2.75, 3.05) is 13.7 Å². The van der Waals surface area contributed by atoms with Crippen LogP contribution in [0.15, 0.2) is 30.3 Å². The number of nitrogens with zero attached hydrogens (tertiary/aromatic N) is 2. The average molecular weight is 409 g/mol. The van der Waals surface area contributed by atoms with Crippen molar-refractivity contribution in [3.8, 4) is 0 Å². The first kappa shape index (κ1) is 20.2. The van der Waals surface area contributed by atoms with E-state index in [-0.39, 0.29) is 17.9 Å². The van der Waals surface area contributed by atoms with E-state index in [1.807, 2.05) is 24.8 Å². The predicted octanol–water partition coefficient (Wildman–Crippen LogP) is 4.07. The molecule has 7 nitrogen and oxygen atoms in total. The number of aromatic amines is 1. The van der Waals surface area contributed by atoms with Crippen LogP contribution in [0.2, 0.25) is 0 Å². The number of imidazole rings is 1. The number of methoxy groups -OCH3 is 1. The second-order valence-corrected chi connectivity index (χ2v) is 8.35. The van der Waals surface area contributed by atoms with Crippen molar-refractivity contribution in [1.29, 1.82) is 0 Å². The molecule has 2 heterocycles. The molecule has 2 atom stereocenters. The number of hydrogen-bond donors (Lipinski definition) is 2. The molecule has 1 aliphatic heterocycles. The van der Waals surface area contributed by atoms with Crippen molar-refractivity contribution < 1.29 is 14.3 Å². The molecule has 0 saturated carbocycles. The Morgan fingerprint density at radius 1 is 1.27 bits per heavy atom. The smallest absolute Gasteiger partial charge is 0.407 e. The topological polar surface area (TPSA) is 87.3 Å². The quantitative estimate of drug-likeness (QED) is 0.681. The van der Waals surface area contributed by atoms with Gasteiger partial charge in [0.2, 0.25) is 5.91 Å². The van der Waals surface area contributed by atoms with E-state index in [0.717, 1.165) is 35.1 Å². The maximum absolute atomic E-state index is 13.3. The largest absolute Gasteiger partial charge is 0.453 e. The van der Waals surface area contributed by atoms with Crippen molar-refractivity contribution in [3.05, 3.63) is 41.7 Å². The fourth-order valence-electron chi connectivity index (χ4n) is 4.30. The fraction of sp³-hybridized carbons (Fsp3) is 0.435. The van der Waals surface area contributed by atoms with E-state index in [2.05, 4.69) is 41.5 Å². The number of aryl methyl sites for hydroxylation is 1. The number of H-pyrrole nitrogens is 1. The van der Waals surface area contributed by atoms with Crippen LogP contribution in [0.5, 0.6) is 0 Å². The Labute approximate surface area is 175 Å². The Balaban J connectivity index is 1.67. The van der Waals surface area contributed by atoms with E-state index in [9.17, 15) is 9.59 Å². The molecule has 0 aliphatic carbocycles. The van der Waals surface area contributed by atoms with Crippen LogP contribution in [0, 0.1) is 12.8 Å². The third-order valence-electron chi connectivity index (χ3n) is 5.89. The molecule has 30 heavy (non-hydrogen) atoms. The van der Waals surface area contributed by atoms with E-state index < -0.39 is 12.1 Å². The molecule has 158 valence electrons. The van der Waals surface area contributed by atoms with Gasteiger partial charge in [-0.25, -0.2) is 9.78 Å². The highest BCUT2D eigenvalue weighted by Gasteiger charge is 2.37. The summed E-state index contributed by atoms with van der Waals surface area (Å²) >= 11 is 0. The van der Waals surface area contributed by atoms with Crippen molar-refractivity contribution in [2.45, 2.75) is 45.7 Å². The van der Waals surface area contributed by atoms with Gasteiger partial charge in [0, 0.05) is 11.9 Å². The zero-order chi connectivity index (χ0) is 21.4. The minimum absolute atomic E-state index is 0.0549. The molecule has 0 unspecified atom stereocenters. The lowest BCUT2D eigenvalue weighted by Crippen LogP contribution is -2.51. The number of carbonyl (C=O) groups is 2. The summed E-state index contributed by atoms with van der Waals surface area (Å²) in [6, 6.07) is 9.71. The SMILES string of the molecule is COC(=O)N[C@H](C(=O)N1CCC[C@H]1c1nc2ccc3cc(C)ccc3c2[nH]1)C(C)C. The molecular weight excluding hydrogens is 380 g/mol. The lowest BCUT2D eigenvalue weighted by Gasteiger charge is -2.29. The number of ether oxygens (including phenoxy) is 1. The van der Waals surface area contributed by atoms with Crippen molar-refractivity contribution in [1.82, 2.24) is 20.2 Å². The number of benzene rings is 2. The van der Waals surface area contributed by atoms with Gasteiger partial charge in [-0.05, 0) is 37.1 Å². The number of amides is 2. The molecule has 2 aromatic carbocycles. The summed E-state index contributed by atoms with van der Waals surface area (Å²) in [6.07, 6.45) is 1.14. The first-order valence-corrected chi connectivity index (χ1v) is 10.4. The van der Waals surface area contributed by atoms with Crippen molar-refractivity contribution in [2.24, 2.45) is 5.92 Å². The minimum Gasteiger partial charge on any atom is -0.453 e. The zero-order valence-electron chi connectivity index (χ0n) is 17.9. The summed E-state index contributed by atoms with van der Waals surface area (Å²) in [4.78, 5) is 35.2. The molecule has 2 N–H and O–H groups in total. The summed E-state index contributed by atoms with van der Waals surface area (Å²) < 4.78 is 4.70. The molecule has 1 aromatic heterocycles. The zero-order valence-corrected chi connectivity index (χ0v) is 17.9. The molecule has 1 saturated heterocycles. The summed E-state index contributed by atoms with van der Waals surface area (Å²) in [6.45, 7) is 6.56. The first-order chi connectivity index (χ1) is 14.4. The number of hydrogen-bond acceptors (Lipinski definition) is 4. The molecule has 0 spiro atoms. The van der Waals surface area contributed by atoms with Gasteiger partial charge in [0.1, 0.15) is 11.9 Å². The molecule has 0 radical (unpaired) electrons. The highest BCUT2D eigenvalue weighted by Crippen LogP contribution is 2.34. The van der Waals surface area contributed by atoms with Crippen LogP contribution in [0.4, 0.5) is 4.79 Å². The van der Waals surface area contributed by atoms with Crippen LogP contribution < -0.4 is 5.32 Å². The summed E-state index contributed by atoms with van der Waals surface area (Å²) in [5.74, 6) is 0.643. The van der Waals surface area contributed by atoms with Gasteiger partial charge in [-0.15, -0.1) is 0 Å². The van der Waals surface area contributed by atoms with Crippen LogP contribution in [0.25, 0.3) is 21.8 Å². The summed E-state index contributed by atoms with van der Waals surface area (Å²) in [7, 11) is 1.30. The van der Waals surface area contributed by atoms with Crippen molar-refractivity contribution in [3.63, 3.8) is 0 Å². The van der Waals surface area contributed by atoms with Gasteiger partial charge >= 0.3 is 6.09 Å². The number of fused-ring (bicyclic) bond motifs is 3. The third kappa shape index (κ3) is 3.60.